The Kier molecular flexibility index (Phi) is 11.6. The first kappa shape index (κ1) is 31.0. The molecule has 2 aromatic rings. The Balaban J connectivity index is 0.00000533. The van der Waals surface area contributed by atoms with Crippen LogP contribution in [0.3, 0.4) is 0 Å². The smallest absolute Gasteiger partial charge is 0.268 e. The van der Waals surface area contributed by atoms with Crippen molar-refractivity contribution in [3.63, 3.8) is 0 Å². The minimum atomic E-state index is -1.30. The third-order valence-corrected chi connectivity index (χ3v) is 5.88. The van der Waals surface area contributed by atoms with Gasteiger partial charge in [-0.1, -0.05) is 19.3 Å². The van der Waals surface area contributed by atoms with Crippen LogP contribution < -0.4 is 21.4 Å². The average Bonchev–Trinajstić information content (AvgIpc) is 3.31. The molecular weight excluding hydrogens is 502 g/mol. The van der Waals surface area contributed by atoms with Gasteiger partial charge in [-0.2, -0.15) is 0 Å². The van der Waals surface area contributed by atoms with Crippen LogP contribution >= 0.6 is 0 Å². The number of hydrogen-bond acceptors (Lipinski definition) is 7. The highest BCUT2D eigenvalue weighted by atomic mass is 16.5. The number of anilines is 1. The minimum absolute atomic E-state index is 0. The molecule has 208 valence electrons. The van der Waals surface area contributed by atoms with Gasteiger partial charge in [-0.05, 0) is 61.9 Å². The van der Waals surface area contributed by atoms with Gasteiger partial charge < -0.3 is 21.1 Å². The summed E-state index contributed by atoms with van der Waals surface area (Å²) < 4.78 is 0. The molecule has 11 nitrogen and oxygen atoms in total. The van der Waals surface area contributed by atoms with E-state index in [1.807, 2.05) is 4.90 Å². The van der Waals surface area contributed by atoms with Crippen LogP contribution in [0.5, 0.6) is 0 Å². The fourth-order valence-corrected chi connectivity index (χ4v) is 3.97. The molecule has 0 unspecified atom stereocenters. The summed E-state index contributed by atoms with van der Waals surface area (Å²) in [5.41, 5.74) is 3.71. The van der Waals surface area contributed by atoms with Crippen LogP contribution in [-0.2, 0) is 14.4 Å². The molecule has 0 bridgehead atoms. The van der Waals surface area contributed by atoms with E-state index in [1.54, 1.807) is 36.4 Å². The Hall–Kier alpha value is -4.24. The van der Waals surface area contributed by atoms with Crippen LogP contribution in [0.25, 0.3) is 0 Å². The molecule has 6 N–H and O–H groups in total. The van der Waals surface area contributed by atoms with Crippen molar-refractivity contribution in [2.24, 2.45) is 0 Å². The normalized spacial score (nSPS) is 15.9. The summed E-state index contributed by atoms with van der Waals surface area (Å²) >= 11 is 0. The van der Waals surface area contributed by atoms with Gasteiger partial charge in [0.1, 0.15) is 6.04 Å². The highest BCUT2D eigenvalue weighted by Gasteiger charge is 2.26. The van der Waals surface area contributed by atoms with Crippen molar-refractivity contribution in [2.75, 3.05) is 25.0 Å². The lowest BCUT2D eigenvalue weighted by Crippen LogP contribution is -2.51. The molecule has 2 aromatic carbocycles. The van der Waals surface area contributed by atoms with Crippen molar-refractivity contribution in [3.05, 3.63) is 65.2 Å². The van der Waals surface area contributed by atoms with Crippen molar-refractivity contribution in [3.8, 4) is 11.8 Å². The van der Waals surface area contributed by atoms with E-state index >= 15 is 0 Å². The first-order valence-electron chi connectivity index (χ1n) is 12.1. The second-order valence-corrected chi connectivity index (χ2v) is 9.04. The standard InChI is InChI=1S/C27H31N5O6.CH4/c1-17(33)25(27(37)31-38)30-26(36)21-9-5-19(6-10-21)3-4-20-7-11-22(12-8-20)29-24(35)16-32-14-13-23(15-32)28-18(2)34;/h5-12,17,23,25,33,38H,13-16H2,1-2H3,(H,28,34)(H,29,35)(H,30,36)(H,31,37);1H4/t17-,23-,25+;/m1./s1. The van der Waals surface area contributed by atoms with Gasteiger partial charge in [0, 0.05) is 48.4 Å². The minimum Gasteiger partial charge on any atom is -0.391 e. The predicted molar refractivity (Wildman–Crippen MR) is 146 cm³/mol. The molecule has 0 aromatic heterocycles. The number of carbonyl (C=O) groups excluding carboxylic acids is 4. The number of nitrogens with one attached hydrogen (secondary N) is 4. The number of rotatable bonds is 8. The van der Waals surface area contributed by atoms with E-state index in [0.717, 1.165) is 18.5 Å². The summed E-state index contributed by atoms with van der Waals surface area (Å²) in [6.07, 6.45) is -0.381. The number of aliphatic hydroxyl groups is 1. The molecule has 39 heavy (non-hydrogen) atoms. The maximum Gasteiger partial charge on any atom is 0.268 e. The second-order valence-electron chi connectivity index (χ2n) is 9.04. The molecule has 4 amide bonds. The van der Waals surface area contributed by atoms with Crippen LogP contribution in [0.15, 0.2) is 48.5 Å². The van der Waals surface area contributed by atoms with Crippen LogP contribution in [0.4, 0.5) is 5.69 Å². The largest absolute Gasteiger partial charge is 0.391 e. The number of amides is 4. The number of carbonyl (C=O) groups is 4. The molecule has 1 aliphatic rings. The monoisotopic (exact) mass is 537 g/mol. The summed E-state index contributed by atoms with van der Waals surface area (Å²) in [5, 5.41) is 26.5. The molecule has 1 aliphatic heterocycles. The zero-order chi connectivity index (χ0) is 27.7. The second kappa shape index (κ2) is 14.6. The zero-order valence-electron chi connectivity index (χ0n) is 21.2. The van der Waals surface area contributed by atoms with Gasteiger partial charge in [0.2, 0.25) is 11.8 Å². The number of nitrogens with zero attached hydrogens (tertiary/aromatic N) is 1. The number of benzene rings is 2. The lowest BCUT2D eigenvalue weighted by molar-refractivity contribution is -0.133. The topological polar surface area (TPSA) is 160 Å². The highest BCUT2D eigenvalue weighted by Crippen LogP contribution is 2.12. The van der Waals surface area contributed by atoms with Crippen molar-refractivity contribution >= 4 is 29.3 Å². The molecule has 11 heteroatoms. The van der Waals surface area contributed by atoms with E-state index < -0.39 is 24.0 Å². The third-order valence-electron chi connectivity index (χ3n) is 5.88. The number of aliphatic hydroxyl groups excluding tert-OH is 1. The van der Waals surface area contributed by atoms with Crippen LogP contribution in [0.2, 0.25) is 0 Å². The summed E-state index contributed by atoms with van der Waals surface area (Å²) in [6, 6.07) is 12.2. The molecule has 3 rings (SSSR count). The van der Waals surface area contributed by atoms with Gasteiger partial charge in [-0.15, -0.1) is 0 Å². The molecule has 1 fully saturated rings. The summed E-state index contributed by atoms with van der Waals surface area (Å²) in [6.45, 7) is 4.46. The van der Waals surface area contributed by atoms with Crippen LogP contribution in [0, 0.1) is 11.8 Å². The quantitative estimate of drug-likeness (QED) is 0.165. The van der Waals surface area contributed by atoms with E-state index in [2.05, 4.69) is 27.8 Å². The Morgan fingerprint density at radius 2 is 1.62 bits per heavy atom. The lowest BCUT2D eigenvalue weighted by Gasteiger charge is -2.19. The molecule has 1 saturated heterocycles. The molecule has 3 atom stereocenters. The first-order valence-corrected chi connectivity index (χ1v) is 12.1. The van der Waals surface area contributed by atoms with Crippen molar-refractivity contribution in [1.29, 1.82) is 0 Å². The Bertz CT molecular complexity index is 1220. The SMILES string of the molecule is C.CC(=O)N[C@@H]1CCN(CC(=O)Nc2ccc(C#Cc3ccc(C(=O)N[C@H](C(=O)NO)[C@@H](C)O)cc3)cc2)C1. The Morgan fingerprint density at radius 3 is 2.15 bits per heavy atom. The van der Waals surface area contributed by atoms with Gasteiger partial charge in [0.25, 0.3) is 11.8 Å². The van der Waals surface area contributed by atoms with Crippen molar-refractivity contribution in [2.45, 2.75) is 45.9 Å². The van der Waals surface area contributed by atoms with E-state index in [-0.39, 0.29) is 37.4 Å². The van der Waals surface area contributed by atoms with Gasteiger partial charge >= 0.3 is 0 Å². The average molecular weight is 538 g/mol. The van der Waals surface area contributed by atoms with Gasteiger partial charge in [-0.3, -0.25) is 29.3 Å². The lowest BCUT2D eigenvalue weighted by atomic mass is 10.1. The van der Waals surface area contributed by atoms with E-state index in [4.69, 9.17) is 5.21 Å². The van der Waals surface area contributed by atoms with E-state index in [1.165, 1.54) is 31.5 Å². The molecule has 1 heterocycles. The maximum absolute atomic E-state index is 12.4. The predicted octanol–water partition coefficient (Wildman–Crippen LogP) is 0.856. The zero-order valence-corrected chi connectivity index (χ0v) is 21.2. The third kappa shape index (κ3) is 9.54. The van der Waals surface area contributed by atoms with Crippen LogP contribution in [0.1, 0.15) is 49.2 Å². The number of hydrogen-bond donors (Lipinski definition) is 6. The van der Waals surface area contributed by atoms with Gasteiger partial charge in [0.05, 0.1) is 12.6 Å². The number of hydroxylamine groups is 1. The van der Waals surface area contributed by atoms with Crippen LogP contribution in [-0.4, -0.2) is 76.7 Å². The molecule has 0 aliphatic carbocycles. The summed E-state index contributed by atoms with van der Waals surface area (Å²) in [5.74, 6) is 4.30. The van der Waals surface area contributed by atoms with Gasteiger partial charge in [0.15, 0.2) is 0 Å². The maximum atomic E-state index is 12.4. The van der Waals surface area contributed by atoms with Gasteiger partial charge in [-0.25, -0.2) is 5.48 Å². The fraction of sp³-hybridized carbons (Fsp3) is 0.357. The highest BCUT2D eigenvalue weighted by molar-refractivity contribution is 5.97. The molecular formula is C28H35N5O6. The summed E-state index contributed by atoms with van der Waals surface area (Å²) in [4.78, 5) is 49.5. The first-order chi connectivity index (χ1) is 18.1. The van der Waals surface area contributed by atoms with Crippen molar-refractivity contribution in [1.82, 2.24) is 21.0 Å². The Morgan fingerprint density at radius 1 is 1.03 bits per heavy atom. The summed E-state index contributed by atoms with van der Waals surface area (Å²) in [7, 11) is 0. The van der Waals surface area contributed by atoms with E-state index in [0.29, 0.717) is 17.8 Å². The van der Waals surface area contributed by atoms with Crippen molar-refractivity contribution < 1.29 is 29.5 Å². The number of likely N-dealkylation sites (tertiary alicyclic amines) is 1. The Labute approximate surface area is 227 Å². The molecule has 0 saturated carbocycles. The fourth-order valence-electron chi connectivity index (χ4n) is 3.97. The molecule has 0 radical (unpaired) electrons. The molecule has 0 spiro atoms. The van der Waals surface area contributed by atoms with E-state index in [9.17, 15) is 24.3 Å².